The lowest BCUT2D eigenvalue weighted by molar-refractivity contribution is -0.168. The first-order valence-electron chi connectivity index (χ1n) is 5.28. The van der Waals surface area contributed by atoms with Gasteiger partial charge in [-0.25, -0.2) is 0 Å². The smallest absolute Gasteiger partial charge is 0.306 e. The molecule has 0 N–H and O–H groups in total. The van der Waals surface area contributed by atoms with E-state index in [0.717, 1.165) is 0 Å². The fourth-order valence-electron chi connectivity index (χ4n) is 0.813. The monoisotopic (exact) mass is 200 g/mol. The van der Waals surface area contributed by atoms with Crippen LogP contribution >= 0.6 is 0 Å². The number of hydrogen-bond donors (Lipinski definition) is 0. The Morgan fingerprint density at radius 2 is 1.57 bits per heavy atom. The summed E-state index contributed by atoms with van der Waals surface area (Å²) >= 11 is 0. The van der Waals surface area contributed by atoms with Crippen molar-refractivity contribution in [3.63, 3.8) is 0 Å². The van der Waals surface area contributed by atoms with Crippen molar-refractivity contribution in [3.8, 4) is 0 Å². The molecule has 0 heterocycles. The Bertz CT molecular complexity index is 197. The van der Waals surface area contributed by atoms with Gasteiger partial charge in [0.25, 0.3) is 0 Å². The minimum Gasteiger partial charge on any atom is -0.459 e. The molecular weight excluding hydrogens is 176 g/mol. The fraction of sp³-hybridized carbons (Fsp3) is 0.917. The number of hydrogen-bond acceptors (Lipinski definition) is 2. The Kier molecular flexibility index (Phi) is 4.16. The fourth-order valence-corrected chi connectivity index (χ4v) is 0.813. The topological polar surface area (TPSA) is 26.3 Å². The van der Waals surface area contributed by atoms with Crippen LogP contribution in [0.15, 0.2) is 0 Å². The van der Waals surface area contributed by atoms with Gasteiger partial charge in [0.2, 0.25) is 0 Å². The molecule has 0 aliphatic heterocycles. The number of carbonyl (C=O) groups is 1. The Morgan fingerprint density at radius 3 is 1.86 bits per heavy atom. The molecule has 0 rings (SSSR count). The zero-order valence-electron chi connectivity index (χ0n) is 10.6. The molecule has 0 aliphatic rings. The molecule has 14 heavy (non-hydrogen) atoms. The zero-order chi connectivity index (χ0) is 11.6. The van der Waals surface area contributed by atoms with Crippen LogP contribution < -0.4 is 0 Å². The van der Waals surface area contributed by atoms with Gasteiger partial charge in [0, 0.05) is 11.8 Å². The van der Waals surface area contributed by atoms with Gasteiger partial charge in [-0.05, 0) is 19.8 Å². The highest BCUT2D eigenvalue weighted by molar-refractivity contribution is 5.70. The Labute approximate surface area is 88.0 Å². The highest BCUT2D eigenvalue weighted by atomic mass is 16.6. The predicted molar refractivity (Wildman–Crippen MR) is 59.1 cm³/mol. The molecule has 2 nitrogen and oxygen atoms in total. The lowest BCUT2D eigenvalue weighted by atomic mass is 9.79. The van der Waals surface area contributed by atoms with Crippen LogP contribution in [0.2, 0.25) is 0 Å². The first-order chi connectivity index (χ1) is 6.06. The summed E-state index contributed by atoms with van der Waals surface area (Å²) in [6, 6.07) is 0. The van der Waals surface area contributed by atoms with Crippen LogP contribution in [-0.4, -0.2) is 11.6 Å². The third kappa shape index (κ3) is 4.12. The molecule has 0 aliphatic carbocycles. The summed E-state index contributed by atoms with van der Waals surface area (Å²) < 4.78 is 5.47. The van der Waals surface area contributed by atoms with E-state index in [1.807, 2.05) is 27.7 Å². The summed E-state index contributed by atoms with van der Waals surface area (Å²) in [5, 5.41) is 0. The molecule has 0 spiro atoms. The van der Waals surface area contributed by atoms with Gasteiger partial charge in [0.15, 0.2) is 0 Å². The average Bonchev–Trinajstić information content (AvgIpc) is 1.79. The van der Waals surface area contributed by atoms with Crippen molar-refractivity contribution in [3.05, 3.63) is 0 Å². The van der Waals surface area contributed by atoms with Gasteiger partial charge in [0.05, 0.1) is 0 Å². The quantitative estimate of drug-likeness (QED) is 0.653. The van der Waals surface area contributed by atoms with Crippen molar-refractivity contribution in [2.45, 2.75) is 60.5 Å². The number of carbonyl (C=O) groups excluding carboxylic acids is 1. The van der Waals surface area contributed by atoms with E-state index in [4.69, 9.17) is 4.74 Å². The largest absolute Gasteiger partial charge is 0.459 e. The summed E-state index contributed by atoms with van der Waals surface area (Å²) in [6.07, 6.45) is 0.500. The molecular formula is C12H24O2. The molecule has 0 radical (unpaired) electrons. The predicted octanol–water partition coefficient (Wildman–Crippen LogP) is 3.40. The van der Waals surface area contributed by atoms with Gasteiger partial charge in [-0.3, -0.25) is 4.79 Å². The van der Waals surface area contributed by atoms with Crippen molar-refractivity contribution in [2.24, 2.45) is 11.3 Å². The first kappa shape index (κ1) is 13.5. The molecule has 0 aromatic rings. The highest BCUT2D eigenvalue weighted by Gasteiger charge is 2.36. The second-order valence-corrected chi connectivity index (χ2v) is 5.83. The second kappa shape index (κ2) is 4.33. The van der Waals surface area contributed by atoms with Crippen molar-refractivity contribution < 1.29 is 9.53 Å². The molecule has 84 valence electrons. The lowest BCUT2D eigenvalue weighted by Gasteiger charge is -2.38. The molecule has 0 aromatic carbocycles. The van der Waals surface area contributed by atoms with Crippen LogP contribution in [0, 0.1) is 11.3 Å². The van der Waals surface area contributed by atoms with Gasteiger partial charge < -0.3 is 4.74 Å². The minimum atomic E-state index is -0.404. The second-order valence-electron chi connectivity index (χ2n) is 5.83. The van der Waals surface area contributed by atoms with E-state index in [0.29, 0.717) is 12.3 Å². The molecule has 0 saturated carbocycles. The summed E-state index contributed by atoms with van der Waals surface area (Å²) in [6.45, 7) is 14.2. The van der Waals surface area contributed by atoms with Crippen LogP contribution in [0.5, 0.6) is 0 Å². The van der Waals surface area contributed by atoms with Crippen LogP contribution in [0.4, 0.5) is 0 Å². The molecule has 0 bridgehead atoms. The molecule has 0 fully saturated rings. The molecule has 0 aromatic heterocycles. The Balaban J connectivity index is 4.30. The molecule has 0 saturated heterocycles. The van der Waals surface area contributed by atoms with E-state index in [1.54, 1.807) is 0 Å². The third-order valence-corrected chi connectivity index (χ3v) is 2.75. The van der Waals surface area contributed by atoms with Crippen LogP contribution in [-0.2, 0) is 9.53 Å². The molecule has 0 amide bonds. The van der Waals surface area contributed by atoms with Crippen molar-refractivity contribution in [1.82, 2.24) is 0 Å². The van der Waals surface area contributed by atoms with E-state index in [-0.39, 0.29) is 11.4 Å². The molecule has 0 atom stereocenters. The maximum Gasteiger partial charge on any atom is 0.306 e. The Morgan fingerprint density at radius 1 is 1.14 bits per heavy atom. The van der Waals surface area contributed by atoms with Gasteiger partial charge in [-0.2, -0.15) is 0 Å². The van der Waals surface area contributed by atoms with Crippen molar-refractivity contribution in [1.29, 1.82) is 0 Å². The summed E-state index contributed by atoms with van der Waals surface area (Å²) in [7, 11) is 0. The normalized spacial score (nSPS) is 13.1. The van der Waals surface area contributed by atoms with Crippen molar-refractivity contribution >= 4 is 5.97 Å². The van der Waals surface area contributed by atoms with Crippen LogP contribution in [0.3, 0.4) is 0 Å². The number of rotatable bonds is 3. The standard InChI is InChI=1S/C12H24O2/c1-9(2)8-10(13)14-12(6,7)11(3,4)5/h9H,8H2,1-7H3. The summed E-state index contributed by atoms with van der Waals surface area (Å²) in [5.41, 5.74) is -0.432. The highest BCUT2D eigenvalue weighted by Crippen LogP contribution is 2.33. The zero-order valence-corrected chi connectivity index (χ0v) is 10.6. The van der Waals surface area contributed by atoms with Crippen molar-refractivity contribution in [2.75, 3.05) is 0 Å². The van der Waals surface area contributed by atoms with E-state index >= 15 is 0 Å². The van der Waals surface area contributed by atoms with Gasteiger partial charge in [-0.15, -0.1) is 0 Å². The minimum absolute atomic E-state index is 0.0281. The summed E-state index contributed by atoms with van der Waals surface area (Å²) in [5.74, 6) is 0.262. The summed E-state index contributed by atoms with van der Waals surface area (Å²) in [4.78, 5) is 11.5. The molecule has 2 heteroatoms. The maximum atomic E-state index is 11.5. The van der Waals surface area contributed by atoms with E-state index < -0.39 is 5.60 Å². The SMILES string of the molecule is CC(C)CC(=O)OC(C)(C)C(C)(C)C. The van der Waals surface area contributed by atoms with Gasteiger partial charge in [-0.1, -0.05) is 34.6 Å². The molecule has 0 unspecified atom stereocenters. The Hall–Kier alpha value is -0.530. The maximum absolute atomic E-state index is 11.5. The van der Waals surface area contributed by atoms with E-state index in [9.17, 15) is 4.79 Å². The van der Waals surface area contributed by atoms with Gasteiger partial charge in [0.1, 0.15) is 5.60 Å². The van der Waals surface area contributed by atoms with E-state index in [1.165, 1.54) is 0 Å². The first-order valence-corrected chi connectivity index (χ1v) is 5.28. The van der Waals surface area contributed by atoms with Crippen LogP contribution in [0.1, 0.15) is 54.9 Å². The number of esters is 1. The van der Waals surface area contributed by atoms with E-state index in [2.05, 4.69) is 20.8 Å². The number of ether oxygens (including phenoxy) is 1. The third-order valence-electron chi connectivity index (χ3n) is 2.75. The average molecular weight is 200 g/mol. The van der Waals surface area contributed by atoms with Crippen LogP contribution in [0.25, 0.3) is 0 Å². The lowest BCUT2D eigenvalue weighted by Crippen LogP contribution is -2.41. The van der Waals surface area contributed by atoms with Gasteiger partial charge >= 0.3 is 5.97 Å².